The van der Waals surface area contributed by atoms with Crippen LogP contribution in [-0.4, -0.2) is 54.5 Å². The number of amides is 1. The molecule has 2 aromatic carbocycles. The number of anilines is 1. The van der Waals surface area contributed by atoms with Gasteiger partial charge < -0.3 is 14.5 Å². The van der Waals surface area contributed by atoms with Gasteiger partial charge in [-0.3, -0.25) is 14.9 Å². The predicted molar refractivity (Wildman–Crippen MR) is 124 cm³/mol. The molecule has 32 heavy (non-hydrogen) atoms. The molecule has 0 radical (unpaired) electrons. The summed E-state index contributed by atoms with van der Waals surface area (Å²) in [7, 11) is 0. The standard InChI is InChI=1S/C21H17Cl2N3O5S/c22-13-1-6-16-17(11-13)32-20(19(16)23)21(28)31-12-18(27)25-9-7-24(8-10-25)14-2-4-15(5-3-14)26(29)30/h1-6,11H,7-10,12H2. The zero-order chi connectivity index (χ0) is 22.8. The maximum absolute atomic E-state index is 12.5. The van der Waals surface area contributed by atoms with E-state index >= 15 is 0 Å². The number of non-ortho nitro benzene ring substituents is 1. The molecule has 0 atom stereocenters. The highest BCUT2D eigenvalue weighted by atomic mass is 35.5. The van der Waals surface area contributed by atoms with Crippen LogP contribution in [0.2, 0.25) is 10.0 Å². The summed E-state index contributed by atoms with van der Waals surface area (Å²) in [6.07, 6.45) is 0. The van der Waals surface area contributed by atoms with Gasteiger partial charge in [0.25, 0.3) is 11.6 Å². The minimum atomic E-state index is -0.648. The lowest BCUT2D eigenvalue weighted by molar-refractivity contribution is -0.384. The topological polar surface area (TPSA) is 93.0 Å². The largest absolute Gasteiger partial charge is 0.451 e. The van der Waals surface area contributed by atoms with Crippen molar-refractivity contribution in [3.8, 4) is 0 Å². The number of nitro benzene ring substituents is 1. The molecule has 0 bridgehead atoms. The maximum atomic E-state index is 12.5. The summed E-state index contributed by atoms with van der Waals surface area (Å²) in [5.41, 5.74) is 0.889. The molecular weight excluding hydrogens is 477 g/mol. The number of rotatable bonds is 5. The smallest absolute Gasteiger partial charge is 0.350 e. The molecule has 0 spiro atoms. The molecule has 11 heteroatoms. The third kappa shape index (κ3) is 4.64. The van der Waals surface area contributed by atoms with Crippen molar-refractivity contribution in [2.45, 2.75) is 0 Å². The van der Waals surface area contributed by atoms with E-state index in [1.54, 1.807) is 35.2 Å². The zero-order valence-corrected chi connectivity index (χ0v) is 19.0. The number of esters is 1. The van der Waals surface area contributed by atoms with Crippen molar-refractivity contribution in [2.24, 2.45) is 0 Å². The molecular formula is C21H17Cl2N3O5S. The lowest BCUT2D eigenvalue weighted by atomic mass is 10.2. The fourth-order valence-electron chi connectivity index (χ4n) is 3.45. The van der Waals surface area contributed by atoms with Crippen molar-refractivity contribution in [1.29, 1.82) is 0 Å². The van der Waals surface area contributed by atoms with Crippen LogP contribution < -0.4 is 4.90 Å². The number of piperazine rings is 1. The van der Waals surface area contributed by atoms with E-state index in [4.69, 9.17) is 27.9 Å². The Balaban J connectivity index is 1.31. The second kappa shape index (κ2) is 9.32. The number of carbonyl (C=O) groups is 2. The lowest BCUT2D eigenvalue weighted by Crippen LogP contribution is -2.49. The maximum Gasteiger partial charge on any atom is 0.350 e. The Morgan fingerprint density at radius 3 is 2.41 bits per heavy atom. The Morgan fingerprint density at radius 2 is 1.75 bits per heavy atom. The summed E-state index contributed by atoms with van der Waals surface area (Å²) >= 11 is 13.5. The third-order valence-electron chi connectivity index (χ3n) is 5.16. The minimum absolute atomic E-state index is 0.0335. The molecule has 0 unspecified atom stereocenters. The predicted octanol–water partition coefficient (Wildman–Crippen LogP) is 4.62. The van der Waals surface area contributed by atoms with Gasteiger partial charge in [-0.2, -0.15) is 0 Å². The number of benzene rings is 2. The number of hydrogen-bond donors (Lipinski definition) is 0. The van der Waals surface area contributed by atoms with Crippen molar-refractivity contribution in [3.63, 3.8) is 0 Å². The second-order valence-corrected chi connectivity index (χ2v) is 8.97. The van der Waals surface area contributed by atoms with E-state index in [-0.39, 0.29) is 28.1 Å². The molecule has 0 aliphatic carbocycles. The molecule has 0 N–H and O–H groups in total. The first-order valence-electron chi connectivity index (χ1n) is 9.65. The number of halogens is 2. The highest BCUT2D eigenvalue weighted by Gasteiger charge is 2.24. The van der Waals surface area contributed by atoms with Gasteiger partial charge in [0.15, 0.2) is 6.61 Å². The Labute approximate surface area is 197 Å². The van der Waals surface area contributed by atoms with Crippen LogP contribution in [0.3, 0.4) is 0 Å². The molecule has 1 amide bonds. The van der Waals surface area contributed by atoms with Crippen molar-refractivity contribution in [3.05, 3.63) is 67.5 Å². The fourth-order valence-corrected chi connectivity index (χ4v) is 5.13. The number of fused-ring (bicyclic) bond motifs is 1. The highest BCUT2D eigenvalue weighted by Crippen LogP contribution is 2.37. The van der Waals surface area contributed by atoms with Crippen LogP contribution in [0.25, 0.3) is 10.1 Å². The van der Waals surface area contributed by atoms with Gasteiger partial charge in [0.1, 0.15) is 4.88 Å². The molecule has 1 fully saturated rings. The Kier molecular flexibility index (Phi) is 6.50. The third-order valence-corrected chi connectivity index (χ3v) is 7.03. The van der Waals surface area contributed by atoms with Crippen LogP contribution in [0.15, 0.2) is 42.5 Å². The first-order valence-corrected chi connectivity index (χ1v) is 11.2. The monoisotopic (exact) mass is 493 g/mol. The normalized spacial score (nSPS) is 13.9. The van der Waals surface area contributed by atoms with Crippen LogP contribution in [0, 0.1) is 10.1 Å². The first kappa shape index (κ1) is 22.3. The van der Waals surface area contributed by atoms with Gasteiger partial charge in [0.2, 0.25) is 0 Å². The van der Waals surface area contributed by atoms with Gasteiger partial charge in [-0.25, -0.2) is 4.79 Å². The Morgan fingerprint density at radius 1 is 1.06 bits per heavy atom. The van der Waals surface area contributed by atoms with Gasteiger partial charge >= 0.3 is 5.97 Å². The molecule has 166 valence electrons. The van der Waals surface area contributed by atoms with Gasteiger partial charge in [0.05, 0.1) is 9.95 Å². The quantitative estimate of drug-likeness (QED) is 0.292. The van der Waals surface area contributed by atoms with Crippen molar-refractivity contribution in [2.75, 3.05) is 37.7 Å². The summed E-state index contributed by atoms with van der Waals surface area (Å²) in [5, 5.41) is 12.3. The van der Waals surface area contributed by atoms with Gasteiger partial charge in [-0.15, -0.1) is 11.3 Å². The van der Waals surface area contributed by atoms with Crippen LogP contribution in [-0.2, 0) is 9.53 Å². The van der Waals surface area contributed by atoms with Crippen LogP contribution in [0.1, 0.15) is 9.67 Å². The van der Waals surface area contributed by atoms with Crippen molar-refractivity contribution >= 4 is 67.9 Å². The zero-order valence-electron chi connectivity index (χ0n) is 16.6. The lowest BCUT2D eigenvalue weighted by Gasteiger charge is -2.36. The average Bonchev–Trinajstić information content (AvgIpc) is 3.13. The van der Waals surface area contributed by atoms with E-state index in [2.05, 4.69) is 0 Å². The molecule has 1 aliphatic rings. The Hall–Kier alpha value is -2.88. The summed E-state index contributed by atoms with van der Waals surface area (Å²) in [5.74, 6) is -0.938. The average molecular weight is 494 g/mol. The highest BCUT2D eigenvalue weighted by molar-refractivity contribution is 7.21. The van der Waals surface area contributed by atoms with Gasteiger partial charge in [-0.1, -0.05) is 29.3 Å². The molecule has 0 saturated carbocycles. The van der Waals surface area contributed by atoms with Crippen LogP contribution in [0.5, 0.6) is 0 Å². The molecule has 1 saturated heterocycles. The van der Waals surface area contributed by atoms with Crippen molar-refractivity contribution in [1.82, 2.24) is 4.90 Å². The minimum Gasteiger partial charge on any atom is -0.451 e. The van der Waals surface area contributed by atoms with E-state index in [9.17, 15) is 19.7 Å². The Bertz CT molecular complexity index is 1190. The summed E-state index contributed by atoms with van der Waals surface area (Å²) < 4.78 is 5.98. The number of thiophene rings is 1. The number of nitrogens with zero attached hydrogens (tertiary/aromatic N) is 3. The molecule has 1 aliphatic heterocycles. The SMILES string of the molecule is O=C(OCC(=O)N1CCN(c2ccc([N+](=O)[O-])cc2)CC1)c1sc2cc(Cl)ccc2c1Cl. The summed E-state index contributed by atoms with van der Waals surface area (Å²) in [6, 6.07) is 11.5. The summed E-state index contributed by atoms with van der Waals surface area (Å²) in [6.45, 7) is 1.67. The van der Waals surface area contributed by atoms with Gasteiger partial charge in [-0.05, 0) is 24.3 Å². The van der Waals surface area contributed by atoms with Gasteiger partial charge in [0, 0.05) is 59.1 Å². The molecule has 4 rings (SSSR count). The molecule has 2 heterocycles. The molecule has 8 nitrogen and oxygen atoms in total. The van der Waals surface area contributed by atoms with E-state index in [0.717, 1.165) is 10.4 Å². The van der Waals surface area contributed by atoms with E-state index in [1.165, 1.54) is 23.5 Å². The molecule has 1 aromatic heterocycles. The summed E-state index contributed by atoms with van der Waals surface area (Å²) in [4.78, 5) is 39.2. The van der Waals surface area contributed by atoms with E-state index < -0.39 is 10.9 Å². The number of nitro groups is 1. The van der Waals surface area contributed by atoms with E-state index in [0.29, 0.717) is 36.6 Å². The number of ether oxygens (including phenoxy) is 1. The first-order chi connectivity index (χ1) is 15.3. The van der Waals surface area contributed by atoms with E-state index in [1.807, 2.05) is 4.90 Å². The molecule has 3 aromatic rings. The van der Waals surface area contributed by atoms with Crippen LogP contribution in [0.4, 0.5) is 11.4 Å². The van der Waals surface area contributed by atoms with Crippen molar-refractivity contribution < 1.29 is 19.2 Å². The fraction of sp³-hybridized carbons (Fsp3) is 0.238. The number of carbonyl (C=O) groups excluding carboxylic acids is 2. The van der Waals surface area contributed by atoms with Crippen LogP contribution >= 0.6 is 34.5 Å². The second-order valence-electron chi connectivity index (χ2n) is 7.10. The number of hydrogen-bond acceptors (Lipinski definition) is 7.